The van der Waals surface area contributed by atoms with Crippen LogP contribution in [0.3, 0.4) is 0 Å². The number of Topliss-reactive ketones (excluding diaryl/α,β-unsaturated/α-hetero) is 1. The fraction of sp³-hybridized carbons (Fsp3) is 0.333. The highest BCUT2D eigenvalue weighted by Crippen LogP contribution is 2.28. The van der Waals surface area contributed by atoms with E-state index in [0.29, 0.717) is 22.5 Å². The molecule has 152 valence electrons. The van der Waals surface area contributed by atoms with Gasteiger partial charge in [-0.15, -0.1) is 11.3 Å². The molecule has 2 heterocycles. The first kappa shape index (κ1) is 20.7. The highest BCUT2D eigenvalue weighted by molar-refractivity contribution is 7.20. The lowest BCUT2D eigenvalue weighted by atomic mass is 10.1. The molecule has 1 unspecified atom stereocenters. The van der Waals surface area contributed by atoms with Gasteiger partial charge < -0.3 is 10.1 Å². The monoisotopic (exact) mass is 413 g/mol. The molecule has 7 nitrogen and oxygen atoms in total. The number of benzene rings is 1. The summed E-state index contributed by atoms with van der Waals surface area (Å²) >= 11 is 1.29. The van der Waals surface area contributed by atoms with Gasteiger partial charge in [0.2, 0.25) is 11.7 Å². The summed E-state index contributed by atoms with van der Waals surface area (Å²) < 4.78 is 7.10. The third-order valence-corrected chi connectivity index (χ3v) is 5.66. The fourth-order valence-electron chi connectivity index (χ4n) is 2.98. The van der Waals surface area contributed by atoms with Crippen molar-refractivity contribution in [3.8, 4) is 0 Å². The average molecular weight is 413 g/mol. The van der Waals surface area contributed by atoms with Crippen LogP contribution in [0.2, 0.25) is 0 Å². The van der Waals surface area contributed by atoms with Crippen LogP contribution in [0.1, 0.15) is 52.4 Å². The maximum atomic E-state index is 12.6. The van der Waals surface area contributed by atoms with Gasteiger partial charge in [0.05, 0.1) is 5.69 Å². The maximum Gasteiger partial charge on any atom is 0.349 e. The molecule has 1 amide bonds. The van der Waals surface area contributed by atoms with Crippen LogP contribution in [0.25, 0.3) is 10.2 Å². The van der Waals surface area contributed by atoms with Gasteiger partial charge in [-0.3, -0.25) is 14.3 Å². The second-order valence-electron chi connectivity index (χ2n) is 6.83. The van der Waals surface area contributed by atoms with Crippen LogP contribution in [-0.4, -0.2) is 33.5 Å². The Hall–Kier alpha value is -3.00. The zero-order valence-corrected chi connectivity index (χ0v) is 17.6. The van der Waals surface area contributed by atoms with Crippen molar-refractivity contribution in [3.63, 3.8) is 0 Å². The number of amides is 1. The molecule has 29 heavy (non-hydrogen) atoms. The zero-order valence-electron chi connectivity index (χ0n) is 16.8. The van der Waals surface area contributed by atoms with Gasteiger partial charge >= 0.3 is 5.97 Å². The standard InChI is InChI=1S/C21H23N3O4S/c1-5-6-18(25)22-15-9-7-14(8-10-15)19(26)13(3)28-21(27)17-11-16-12(2)23-24(4)20(16)29-17/h7-11,13H,5-6H2,1-4H3,(H,22,25). The van der Waals surface area contributed by atoms with E-state index in [0.717, 1.165) is 22.3 Å². The van der Waals surface area contributed by atoms with E-state index in [4.69, 9.17) is 4.74 Å². The topological polar surface area (TPSA) is 90.3 Å². The number of ether oxygens (including phenoxy) is 1. The second-order valence-corrected chi connectivity index (χ2v) is 7.86. The number of nitrogens with zero attached hydrogens (tertiary/aromatic N) is 2. The summed E-state index contributed by atoms with van der Waals surface area (Å²) in [5.74, 6) is -0.902. The number of hydrogen-bond donors (Lipinski definition) is 1. The van der Waals surface area contributed by atoms with Crippen LogP contribution in [0.4, 0.5) is 5.69 Å². The van der Waals surface area contributed by atoms with Crippen molar-refractivity contribution in [2.45, 2.75) is 39.7 Å². The third kappa shape index (κ3) is 4.54. The number of nitrogens with one attached hydrogen (secondary N) is 1. The fourth-order valence-corrected chi connectivity index (χ4v) is 3.99. The van der Waals surface area contributed by atoms with Crippen molar-refractivity contribution >= 4 is 44.9 Å². The number of rotatable bonds is 7. The van der Waals surface area contributed by atoms with E-state index < -0.39 is 12.1 Å². The SMILES string of the molecule is CCCC(=O)Nc1ccc(C(=O)C(C)OC(=O)c2cc3c(C)nn(C)c3s2)cc1. The lowest BCUT2D eigenvalue weighted by Crippen LogP contribution is -2.24. The molecule has 0 fully saturated rings. The molecule has 8 heteroatoms. The largest absolute Gasteiger partial charge is 0.450 e. The number of hydrogen-bond acceptors (Lipinski definition) is 6. The highest BCUT2D eigenvalue weighted by atomic mass is 32.1. The van der Waals surface area contributed by atoms with Crippen LogP contribution >= 0.6 is 11.3 Å². The number of ketones is 1. The number of esters is 1. The first-order valence-corrected chi connectivity index (χ1v) is 10.2. The van der Waals surface area contributed by atoms with Crippen molar-refractivity contribution in [2.75, 3.05) is 5.32 Å². The summed E-state index contributed by atoms with van der Waals surface area (Å²) in [6.07, 6.45) is 0.287. The molecule has 2 aromatic heterocycles. The van der Waals surface area contributed by atoms with E-state index in [1.807, 2.05) is 20.9 Å². The number of fused-ring (bicyclic) bond motifs is 1. The Morgan fingerprint density at radius 2 is 1.93 bits per heavy atom. The molecule has 0 aliphatic heterocycles. The Morgan fingerprint density at radius 3 is 2.55 bits per heavy atom. The molecule has 0 saturated heterocycles. The summed E-state index contributed by atoms with van der Waals surface area (Å²) in [7, 11) is 1.82. The number of aryl methyl sites for hydroxylation is 2. The van der Waals surface area contributed by atoms with E-state index in [1.54, 1.807) is 41.9 Å². The minimum absolute atomic E-state index is 0.0670. The van der Waals surface area contributed by atoms with Crippen LogP contribution in [0, 0.1) is 6.92 Å². The normalized spacial score (nSPS) is 12.0. The predicted octanol–water partition coefficient (Wildman–Crippen LogP) is 4.11. The average Bonchev–Trinajstić information content (AvgIpc) is 3.23. The van der Waals surface area contributed by atoms with Gasteiger partial charge in [-0.05, 0) is 50.6 Å². The Labute approximate surface area is 172 Å². The van der Waals surface area contributed by atoms with Crippen LogP contribution in [0.5, 0.6) is 0 Å². The van der Waals surface area contributed by atoms with Gasteiger partial charge in [-0.2, -0.15) is 5.10 Å². The summed E-state index contributed by atoms with van der Waals surface area (Å²) in [4.78, 5) is 38.0. The first-order valence-electron chi connectivity index (χ1n) is 9.38. The van der Waals surface area contributed by atoms with E-state index in [9.17, 15) is 14.4 Å². The lowest BCUT2D eigenvalue weighted by molar-refractivity contribution is -0.116. The Bertz CT molecular complexity index is 1030. The quantitative estimate of drug-likeness (QED) is 0.465. The van der Waals surface area contributed by atoms with Crippen LogP contribution in [-0.2, 0) is 16.6 Å². The zero-order chi connectivity index (χ0) is 21.1. The molecule has 0 bridgehead atoms. The Balaban J connectivity index is 1.65. The van der Waals surface area contributed by atoms with E-state index in [1.165, 1.54) is 11.3 Å². The Kier molecular flexibility index (Phi) is 6.12. The lowest BCUT2D eigenvalue weighted by Gasteiger charge is -2.12. The van der Waals surface area contributed by atoms with E-state index in [-0.39, 0.29) is 11.7 Å². The number of anilines is 1. The molecule has 1 N–H and O–H groups in total. The molecule has 0 aliphatic carbocycles. The van der Waals surface area contributed by atoms with Crippen molar-refractivity contribution in [3.05, 3.63) is 46.5 Å². The number of carbonyl (C=O) groups is 3. The first-order chi connectivity index (χ1) is 13.8. The van der Waals surface area contributed by atoms with Gasteiger partial charge in [0.15, 0.2) is 6.10 Å². The predicted molar refractivity (Wildman–Crippen MR) is 113 cm³/mol. The van der Waals surface area contributed by atoms with E-state index >= 15 is 0 Å². The molecule has 0 saturated carbocycles. The molecular formula is C21H23N3O4S. The van der Waals surface area contributed by atoms with Crippen LogP contribution in [0.15, 0.2) is 30.3 Å². The molecular weight excluding hydrogens is 390 g/mol. The van der Waals surface area contributed by atoms with Gasteiger partial charge in [0.1, 0.15) is 9.71 Å². The van der Waals surface area contributed by atoms with Crippen molar-refractivity contribution in [1.29, 1.82) is 0 Å². The summed E-state index contributed by atoms with van der Waals surface area (Å²) in [5, 5.41) is 7.99. The van der Waals surface area contributed by atoms with Crippen LogP contribution < -0.4 is 5.32 Å². The van der Waals surface area contributed by atoms with E-state index in [2.05, 4.69) is 10.4 Å². The second kappa shape index (κ2) is 8.57. The van der Waals surface area contributed by atoms with Gasteiger partial charge in [0, 0.05) is 30.1 Å². The molecule has 3 rings (SSSR count). The molecule has 1 aromatic carbocycles. The number of aromatic nitrogens is 2. The van der Waals surface area contributed by atoms with Crippen molar-refractivity contribution in [2.24, 2.45) is 7.05 Å². The smallest absolute Gasteiger partial charge is 0.349 e. The van der Waals surface area contributed by atoms with Gasteiger partial charge in [-0.25, -0.2) is 4.79 Å². The highest BCUT2D eigenvalue weighted by Gasteiger charge is 2.23. The number of carbonyl (C=O) groups excluding carboxylic acids is 3. The molecule has 0 radical (unpaired) electrons. The summed E-state index contributed by atoms with van der Waals surface area (Å²) in [6.45, 7) is 5.36. The van der Waals surface area contributed by atoms with Crippen molar-refractivity contribution in [1.82, 2.24) is 9.78 Å². The minimum Gasteiger partial charge on any atom is -0.450 e. The maximum absolute atomic E-state index is 12.6. The molecule has 3 aromatic rings. The van der Waals surface area contributed by atoms with Gasteiger partial charge in [-0.1, -0.05) is 6.92 Å². The summed E-state index contributed by atoms with van der Waals surface area (Å²) in [6, 6.07) is 8.30. The minimum atomic E-state index is -0.924. The number of thiophene rings is 1. The molecule has 0 spiro atoms. The molecule has 1 atom stereocenters. The third-order valence-electron chi connectivity index (χ3n) is 4.48. The van der Waals surface area contributed by atoms with Gasteiger partial charge in [0.25, 0.3) is 0 Å². The van der Waals surface area contributed by atoms with Crippen molar-refractivity contribution < 1.29 is 19.1 Å². The summed E-state index contributed by atoms with van der Waals surface area (Å²) in [5.41, 5.74) is 1.88. The Morgan fingerprint density at radius 1 is 1.24 bits per heavy atom. The molecule has 0 aliphatic rings.